The zero-order valence-electron chi connectivity index (χ0n) is 15.5. The molecule has 5 nitrogen and oxygen atoms in total. The number of esters is 1. The van der Waals surface area contributed by atoms with Crippen LogP contribution in [-0.4, -0.2) is 25.1 Å². The van der Waals surface area contributed by atoms with Crippen molar-refractivity contribution < 1.29 is 19.1 Å². The number of carbonyl (C=O) groups is 2. The van der Waals surface area contributed by atoms with Gasteiger partial charge in [-0.05, 0) is 42.2 Å². The fourth-order valence-electron chi connectivity index (χ4n) is 2.48. The van der Waals surface area contributed by atoms with Crippen LogP contribution in [0.2, 0.25) is 0 Å². The number of para-hydroxylation sites is 1. The van der Waals surface area contributed by atoms with Gasteiger partial charge in [0.15, 0.2) is 6.61 Å². The number of aryl methyl sites for hydroxylation is 1. The second-order valence-corrected chi connectivity index (χ2v) is 6.37. The Morgan fingerprint density at radius 1 is 1.08 bits per heavy atom. The van der Waals surface area contributed by atoms with Crippen LogP contribution < -0.4 is 10.1 Å². The fourth-order valence-corrected chi connectivity index (χ4v) is 2.48. The molecule has 0 aliphatic rings. The molecular formula is C21H25NO4. The summed E-state index contributed by atoms with van der Waals surface area (Å²) in [5.41, 5.74) is 2.87. The summed E-state index contributed by atoms with van der Waals surface area (Å²) < 4.78 is 10.5. The quantitative estimate of drug-likeness (QED) is 0.725. The van der Waals surface area contributed by atoms with E-state index in [2.05, 4.69) is 19.2 Å². The summed E-state index contributed by atoms with van der Waals surface area (Å²) in [6.45, 7) is 5.98. The van der Waals surface area contributed by atoms with Crippen LogP contribution in [0.25, 0.3) is 0 Å². The normalized spacial score (nSPS) is 10.5. The van der Waals surface area contributed by atoms with E-state index in [0.29, 0.717) is 5.75 Å². The lowest BCUT2D eigenvalue weighted by molar-refractivity contribution is -0.147. The van der Waals surface area contributed by atoms with E-state index in [9.17, 15) is 9.59 Å². The Morgan fingerprint density at radius 3 is 2.58 bits per heavy atom. The largest absolute Gasteiger partial charge is 0.493 e. The van der Waals surface area contributed by atoms with Crippen molar-refractivity contribution in [2.45, 2.75) is 33.1 Å². The molecule has 138 valence electrons. The molecule has 5 heteroatoms. The van der Waals surface area contributed by atoms with Gasteiger partial charge in [-0.15, -0.1) is 0 Å². The van der Waals surface area contributed by atoms with Crippen molar-refractivity contribution in [3.63, 3.8) is 0 Å². The first kappa shape index (κ1) is 19.5. The Balaban J connectivity index is 1.72. The van der Waals surface area contributed by atoms with Crippen molar-refractivity contribution in [3.8, 4) is 5.75 Å². The molecule has 26 heavy (non-hydrogen) atoms. The number of hydrogen-bond acceptors (Lipinski definition) is 4. The van der Waals surface area contributed by atoms with Crippen LogP contribution in [0.1, 0.15) is 37.3 Å². The first-order chi connectivity index (χ1) is 12.5. The third-order valence-electron chi connectivity index (χ3n) is 3.79. The highest BCUT2D eigenvalue weighted by Gasteiger charge is 2.11. The maximum atomic E-state index is 12.0. The minimum atomic E-state index is -0.468. The number of carbonyl (C=O) groups excluding carboxylic acids is 2. The Morgan fingerprint density at radius 2 is 1.85 bits per heavy atom. The first-order valence-corrected chi connectivity index (χ1v) is 8.69. The Hall–Kier alpha value is -2.82. The molecule has 1 N–H and O–H groups in total. The molecule has 0 radical (unpaired) electrons. The van der Waals surface area contributed by atoms with E-state index in [4.69, 9.17) is 9.47 Å². The number of hydrogen-bond donors (Lipinski definition) is 1. The molecule has 2 rings (SSSR count). The summed E-state index contributed by atoms with van der Waals surface area (Å²) in [7, 11) is 0. The van der Waals surface area contributed by atoms with Gasteiger partial charge < -0.3 is 14.8 Å². The number of ether oxygens (including phenoxy) is 2. The van der Waals surface area contributed by atoms with E-state index in [1.165, 1.54) is 0 Å². The number of benzene rings is 2. The average molecular weight is 355 g/mol. The lowest BCUT2D eigenvalue weighted by Crippen LogP contribution is -2.22. The van der Waals surface area contributed by atoms with Crippen molar-refractivity contribution in [1.29, 1.82) is 0 Å². The summed E-state index contributed by atoms with van der Waals surface area (Å²) in [6, 6.07) is 15.2. The third kappa shape index (κ3) is 6.24. The summed E-state index contributed by atoms with van der Waals surface area (Å²) in [5, 5.41) is 2.79. The van der Waals surface area contributed by atoms with Crippen molar-refractivity contribution in [1.82, 2.24) is 0 Å². The zero-order valence-corrected chi connectivity index (χ0v) is 15.5. The maximum Gasteiger partial charge on any atom is 0.309 e. The fraction of sp³-hybridized carbons (Fsp3) is 0.333. The van der Waals surface area contributed by atoms with Crippen LogP contribution in [0.15, 0.2) is 48.5 Å². The summed E-state index contributed by atoms with van der Waals surface area (Å²) in [4.78, 5) is 23.8. The first-order valence-electron chi connectivity index (χ1n) is 8.69. The molecule has 0 aliphatic heterocycles. The second-order valence-electron chi connectivity index (χ2n) is 6.37. The molecule has 0 aliphatic carbocycles. The molecule has 2 aromatic rings. The smallest absolute Gasteiger partial charge is 0.309 e. The number of nitrogens with one attached hydrogen (secondary N) is 1. The predicted molar refractivity (Wildman–Crippen MR) is 101 cm³/mol. The number of amides is 1. The van der Waals surface area contributed by atoms with Crippen LogP contribution in [0.3, 0.4) is 0 Å². The topological polar surface area (TPSA) is 64.6 Å². The standard InChI is InChI=1S/C21H25NO4/c1-15(2)18-9-4-5-10-19(18)22-20(23)14-26-21(24)11-12-25-17-8-6-7-16(3)13-17/h4-10,13,15H,11-12,14H2,1-3H3,(H,22,23). The van der Waals surface area contributed by atoms with Crippen LogP contribution >= 0.6 is 0 Å². The molecule has 0 bridgehead atoms. The van der Waals surface area contributed by atoms with Crippen molar-refractivity contribution >= 4 is 17.6 Å². The molecule has 0 spiro atoms. The van der Waals surface area contributed by atoms with Gasteiger partial charge in [0, 0.05) is 5.69 Å². The molecule has 0 atom stereocenters. The molecule has 0 aromatic heterocycles. The van der Waals surface area contributed by atoms with Crippen LogP contribution in [0.4, 0.5) is 5.69 Å². The zero-order chi connectivity index (χ0) is 18.9. The molecule has 0 saturated carbocycles. The van der Waals surface area contributed by atoms with Gasteiger partial charge in [0.1, 0.15) is 5.75 Å². The summed E-state index contributed by atoms with van der Waals surface area (Å²) in [6.07, 6.45) is 0.0871. The van der Waals surface area contributed by atoms with Crippen molar-refractivity contribution in [2.24, 2.45) is 0 Å². The maximum absolute atomic E-state index is 12.0. The molecular weight excluding hydrogens is 330 g/mol. The Labute approximate surface area is 154 Å². The SMILES string of the molecule is Cc1cccc(OCCC(=O)OCC(=O)Nc2ccccc2C(C)C)c1. The van der Waals surface area contributed by atoms with Gasteiger partial charge >= 0.3 is 5.97 Å². The van der Waals surface area contributed by atoms with Crippen molar-refractivity contribution in [3.05, 3.63) is 59.7 Å². The Kier molecular flexibility index (Phi) is 7.21. The van der Waals surface area contributed by atoms with Crippen LogP contribution in [0, 0.1) is 6.92 Å². The highest BCUT2D eigenvalue weighted by atomic mass is 16.5. The van der Waals surface area contributed by atoms with Gasteiger partial charge in [0.25, 0.3) is 5.91 Å². The van der Waals surface area contributed by atoms with Gasteiger partial charge in [-0.2, -0.15) is 0 Å². The monoisotopic (exact) mass is 355 g/mol. The number of anilines is 1. The summed E-state index contributed by atoms with van der Waals surface area (Å²) >= 11 is 0. The molecule has 0 heterocycles. The van der Waals surface area contributed by atoms with E-state index in [0.717, 1.165) is 16.8 Å². The van der Waals surface area contributed by atoms with Gasteiger partial charge in [0.2, 0.25) is 0 Å². The number of rotatable bonds is 8. The van der Waals surface area contributed by atoms with Gasteiger partial charge in [-0.3, -0.25) is 9.59 Å². The van der Waals surface area contributed by atoms with E-state index >= 15 is 0 Å². The minimum Gasteiger partial charge on any atom is -0.493 e. The van der Waals surface area contributed by atoms with E-state index in [1.54, 1.807) is 0 Å². The van der Waals surface area contributed by atoms with E-state index in [1.807, 2.05) is 55.5 Å². The van der Waals surface area contributed by atoms with Crippen LogP contribution in [-0.2, 0) is 14.3 Å². The highest BCUT2D eigenvalue weighted by Crippen LogP contribution is 2.23. The lowest BCUT2D eigenvalue weighted by Gasteiger charge is -2.13. The van der Waals surface area contributed by atoms with E-state index < -0.39 is 5.97 Å². The molecule has 0 fully saturated rings. The van der Waals surface area contributed by atoms with Gasteiger partial charge in [0.05, 0.1) is 13.0 Å². The van der Waals surface area contributed by atoms with Gasteiger partial charge in [-0.1, -0.05) is 44.2 Å². The van der Waals surface area contributed by atoms with Crippen molar-refractivity contribution in [2.75, 3.05) is 18.5 Å². The molecule has 0 unspecified atom stereocenters. The average Bonchev–Trinajstić information content (AvgIpc) is 2.60. The molecule has 1 amide bonds. The molecule has 2 aromatic carbocycles. The Bertz CT molecular complexity index is 755. The third-order valence-corrected chi connectivity index (χ3v) is 3.79. The minimum absolute atomic E-state index is 0.0871. The predicted octanol–water partition coefficient (Wildman–Crippen LogP) is 4.07. The summed E-state index contributed by atoms with van der Waals surface area (Å²) in [5.74, 6) is 0.171. The second kappa shape index (κ2) is 9.61. The highest BCUT2D eigenvalue weighted by molar-refractivity contribution is 5.93. The lowest BCUT2D eigenvalue weighted by atomic mass is 10.0. The molecule has 0 saturated heterocycles. The van der Waals surface area contributed by atoms with Gasteiger partial charge in [-0.25, -0.2) is 0 Å². The van der Waals surface area contributed by atoms with Crippen LogP contribution in [0.5, 0.6) is 5.75 Å². The van der Waals surface area contributed by atoms with E-state index in [-0.39, 0.29) is 31.5 Å².